The van der Waals surface area contributed by atoms with E-state index in [0.717, 1.165) is 33.3 Å². The van der Waals surface area contributed by atoms with Gasteiger partial charge in [-0.1, -0.05) is 78.9 Å². The fourth-order valence-corrected chi connectivity index (χ4v) is 6.34. The first-order chi connectivity index (χ1) is 21.0. The molecule has 8 heteroatoms. The molecule has 1 aliphatic heterocycles. The lowest BCUT2D eigenvalue weighted by molar-refractivity contribution is -0.119. The van der Waals surface area contributed by atoms with Crippen LogP contribution in [0.1, 0.15) is 21.6 Å². The van der Waals surface area contributed by atoms with Crippen LogP contribution in [0.5, 0.6) is 0 Å². The van der Waals surface area contributed by atoms with Gasteiger partial charge in [-0.05, 0) is 30.7 Å². The molecule has 0 N–H and O–H groups in total. The van der Waals surface area contributed by atoms with E-state index in [1.54, 1.807) is 16.2 Å². The van der Waals surface area contributed by atoms with Gasteiger partial charge < -0.3 is 14.4 Å². The first-order valence-electron chi connectivity index (χ1n) is 14.6. The SMILES string of the molecule is Cc1c(C(=O)N2CCN(CC(=O)N(C)c3ccccc3)CC2)cc(-c2csc(-c3ccccc3)n2)n1Cc1ccccc1. The Hall–Kier alpha value is -4.53. The van der Waals surface area contributed by atoms with Crippen molar-refractivity contribution >= 4 is 28.8 Å². The Kier molecular flexibility index (Phi) is 8.49. The number of hydrogen-bond acceptors (Lipinski definition) is 5. The topological polar surface area (TPSA) is 61.7 Å². The average Bonchev–Trinajstić information content (AvgIpc) is 3.67. The molecular formula is C35H35N5O2S. The molecule has 2 amide bonds. The number of anilines is 1. The molecule has 3 aromatic carbocycles. The first kappa shape index (κ1) is 28.6. The summed E-state index contributed by atoms with van der Waals surface area (Å²) in [6.07, 6.45) is 0. The molecule has 1 saturated heterocycles. The standard InChI is InChI=1S/C35H35N5O2S/c1-26-30(35(42)39-20-18-38(19-21-39)24-33(41)37(2)29-16-10-5-11-17-29)22-32(40(26)23-27-12-6-3-7-13-27)31-25-43-34(36-31)28-14-8-4-9-15-28/h3-17,22,25H,18-21,23-24H2,1-2H3. The number of carbonyl (C=O) groups excluding carboxylic acids is 2. The summed E-state index contributed by atoms with van der Waals surface area (Å²) in [6.45, 7) is 5.48. The Morgan fingerprint density at radius 1 is 0.860 bits per heavy atom. The van der Waals surface area contributed by atoms with Gasteiger partial charge in [-0.2, -0.15) is 0 Å². The zero-order valence-corrected chi connectivity index (χ0v) is 25.3. The summed E-state index contributed by atoms with van der Waals surface area (Å²) in [6, 6.07) is 32.2. The van der Waals surface area contributed by atoms with Gasteiger partial charge in [0.2, 0.25) is 5.91 Å². The van der Waals surface area contributed by atoms with Gasteiger partial charge in [0.15, 0.2) is 0 Å². The smallest absolute Gasteiger partial charge is 0.255 e. The fourth-order valence-electron chi connectivity index (χ4n) is 5.52. The first-order valence-corrected chi connectivity index (χ1v) is 15.4. The van der Waals surface area contributed by atoms with Crippen LogP contribution in [-0.2, 0) is 11.3 Å². The monoisotopic (exact) mass is 589 g/mol. The molecule has 3 heterocycles. The second kappa shape index (κ2) is 12.8. The number of amides is 2. The van der Waals surface area contributed by atoms with Crippen LogP contribution in [0, 0.1) is 6.92 Å². The minimum absolute atomic E-state index is 0.0245. The van der Waals surface area contributed by atoms with Crippen LogP contribution in [0.15, 0.2) is 102 Å². The molecule has 6 rings (SSSR count). The van der Waals surface area contributed by atoms with E-state index in [2.05, 4.69) is 39.1 Å². The quantitative estimate of drug-likeness (QED) is 0.221. The van der Waals surface area contributed by atoms with Crippen LogP contribution in [-0.4, -0.2) is 70.9 Å². The van der Waals surface area contributed by atoms with E-state index in [1.807, 2.05) is 91.7 Å². The molecule has 0 bridgehead atoms. The zero-order chi connectivity index (χ0) is 29.8. The molecule has 0 radical (unpaired) electrons. The predicted molar refractivity (Wildman–Crippen MR) is 173 cm³/mol. The summed E-state index contributed by atoms with van der Waals surface area (Å²) in [4.78, 5) is 37.5. The van der Waals surface area contributed by atoms with Crippen molar-refractivity contribution in [3.8, 4) is 22.0 Å². The van der Waals surface area contributed by atoms with Crippen LogP contribution in [0.25, 0.3) is 22.0 Å². The minimum Gasteiger partial charge on any atom is -0.338 e. The summed E-state index contributed by atoms with van der Waals surface area (Å²) in [7, 11) is 1.81. The van der Waals surface area contributed by atoms with Gasteiger partial charge in [-0.25, -0.2) is 4.98 Å². The molecule has 2 aromatic heterocycles. The van der Waals surface area contributed by atoms with E-state index >= 15 is 0 Å². The number of hydrogen-bond donors (Lipinski definition) is 0. The summed E-state index contributed by atoms with van der Waals surface area (Å²) >= 11 is 1.61. The van der Waals surface area contributed by atoms with Gasteiger partial charge in [0, 0.05) is 62.1 Å². The third-order valence-electron chi connectivity index (χ3n) is 8.10. The van der Waals surface area contributed by atoms with Crippen molar-refractivity contribution in [1.82, 2.24) is 19.4 Å². The van der Waals surface area contributed by atoms with Gasteiger partial charge in [-0.15, -0.1) is 11.3 Å². The summed E-state index contributed by atoms with van der Waals surface area (Å²) in [5, 5.41) is 3.03. The van der Waals surface area contributed by atoms with E-state index in [1.165, 1.54) is 5.56 Å². The Labute approximate surface area is 256 Å². The molecule has 0 spiro atoms. The number of thiazole rings is 1. The van der Waals surface area contributed by atoms with Crippen LogP contribution in [0.3, 0.4) is 0 Å². The van der Waals surface area contributed by atoms with Gasteiger partial charge >= 0.3 is 0 Å². The van der Waals surface area contributed by atoms with E-state index < -0.39 is 0 Å². The van der Waals surface area contributed by atoms with Crippen molar-refractivity contribution in [2.75, 3.05) is 44.7 Å². The molecule has 1 fully saturated rings. The Morgan fingerprint density at radius 2 is 1.49 bits per heavy atom. The van der Waals surface area contributed by atoms with Crippen molar-refractivity contribution in [2.24, 2.45) is 0 Å². The molecule has 0 atom stereocenters. The molecule has 1 aliphatic rings. The van der Waals surface area contributed by atoms with Crippen molar-refractivity contribution in [3.63, 3.8) is 0 Å². The van der Waals surface area contributed by atoms with E-state index in [4.69, 9.17) is 4.98 Å². The van der Waals surface area contributed by atoms with Crippen molar-refractivity contribution < 1.29 is 9.59 Å². The number of para-hydroxylation sites is 1. The molecular weight excluding hydrogens is 554 g/mol. The normalized spacial score (nSPS) is 13.7. The van der Waals surface area contributed by atoms with Gasteiger partial charge in [0.25, 0.3) is 5.91 Å². The molecule has 5 aromatic rings. The Bertz CT molecular complexity index is 1690. The number of aromatic nitrogens is 2. The van der Waals surface area contributed by atoms with Crippen molar-refractivity contribution in [2.45, 2.75) is 13.5 Å². The van der Waals surface area contributed by atoms with Crippen molar-refractivity contribution in [1.29, 1.82) is 0 Å². The highest BCUT2D eigenvalue weighted by Gasteiger charge is 2.28. The second-order valence-electron chi connectivity index (χ2n) is 10.9. The third-order valence-corrected chi connectivity index (χ3v) is 9.00. The maximum absolute atomic E-state index is 13.9. The maximum atomic E-state index is 13.9. The molecule has 0 unspecified atom stereocenters. The molecule has 43 heavy (non-hydrogen) atoms. The van der Waals surface area contributed by atoms with Crippen LogP contribution >= 0.6 is 11.3 Å². The van der Waals surface area contributed by atoms with Crippen LogP contribution < -0.4 is 4.90 Å². The van der Waals surface area contributed by atoms with Gasteiger partial charge in [0.1, 0.15) is 5.01 Å². The number of carbonyl (C=O) groups is 2. The summed E-state index contributed by atoms with van der Waals surface area (Å²) in [5.74, 6) is 0.0686. The lowest BCUT2D eigenvalue weighted by atomic mass is 10.2. The fraction of sp³-hybridized carbons (Fsp3) is 0.229. The maximum Gasteiger partial charge on any atom is 0.255 e. The number of likely N-dealkylation sites (N-methyl/N-ethyl adjacent to an activating group) is 1. The number of benzene rings is 3. The minimum atomic E-state index is 0.0245. The van der Waals surface area contributed by atoms with E-state index in [9.17, 15) is 9.59 Å². The van der Waals surface area contributed by atoms with Gasteiger partial charge in [0.05, 0.1) is 23.5 Å². The molecule has 0 saturated carbocycles. The predicted octanol–water partition coefficient (Wildman–Crippen LogP) is 6.06. The zero-order valence-electron chi connectivity index (χ0n) is 24.5. The highest BCUT2D eigenvalue weighted by atomic mass is 32.1. The van der Waals surface area contributed by atoms with Crippen molar-refractivity contribution in [3.05, 3.63) is 119 Å². The van der Waals surface area contributed by atoms with E-state index in [-0.39, 0.29) is 11.8 Å². The molecule has 218 valence electrons. The summed E-state index contributed by atoms with van der Waals surface area (Å²) < 4.78 is 2.21. The lowest BCUT2D eigenvalue weighted by Gasteiger charge is -2.35. The largest absolute Gasteiger partial charge is 0.338 e. The number of rotatable bonds is 8. The third kappa shape index (κ3) is 6.30. The highest BCUT2D eigenvalue weighted by molar-refractivity contribution is 7.13. The second-order valence-corrected chi connectivity index (χ2v) is 11.7. The van der Waals surface area contributed by atoms with E-state index in [0.29, 0.717) is 44.8 Å². The number of nitrogens with zero attached hydrogens (tertiary/aromatic N) is 5. The van der Waals surface area contributed by atoms with Crippen LogP contribution in [0.4, 0.5) is 5.69 Å². The average molecular weight is 590 g/mol. The van der Waals surface area contributed by atoms with Gasteiger partial charge in [-0.3, -0.25) is 14.5 Å². The molecule has 7 nitrogen and oxygen atoms in total. The highest BCUT2D eigenvalue weighted by Crippen LogP contribution is 2.32. The van der Waals surface area contributed by atoms with Crippen LogP contribution in [0.2, 0.25) is 0 Å². The Morgan fingerprint density at radius 3 is 2.16 bits per heavy atom. The lowest BCUT2D eigenvalue weighted by Crippen LogP contribution is -2.51. The Balaban J connectivity index is 1.20. The summed E-state index contributed by atoms with van der Waals surface area (Å²) in [5.41, 5.74) is 6.57. The number of piperazine rings is 1. The molecule has 0 aliphatic carbocycles.